The van der Waals surface area contributed by atoms with Gasteiger partial charge in [0.25, 0.3) is 5.69 Å². The summed E-state index contributed by atoms with van der Waals surface area (Å²) in [6.45, 7) is 0. The van der Waals surface area contributed by atoms with Crippen molar-refractivity contribution in [2.24, 2.45) is 0 Å². The van der Waals surface area contributed by atoms with Gasteiger partial charge >= 0.3 is 0 Å². The van der Waals surface area contributed by atoms with Gasteiger partial charge in [-0.2, -0.15) is 0 Å². The molecule has 1 spiro atoms. The van der Waals surface area contributed by atoms with Gasteiger partial charge in [-0.25, -0.2) is 0 Å². The van der Waals surface area contributed by atoms with Crippen LogP contribution in [0.25, 0.3) is 17.2 Å². The molecular weight excluding hydrogens is 368 g/mol. The third-order valence-corrected chi connectivity index (χ3v) is 5.61. The second-order valence-corrected chi connectivity index (χ2v) is 7.08. The fourth-order valence-corrected chi connectivity index (χ4v) is 4.20. The summed E-state index contributed by atoms with van der Waals surface area (Å²) in [7, 11) is 3.48. The number of fused-ring (bicyclic) bond motifs is 5. The van der Waals surface area contributed by atoms with Crippen molar-refractivity contribution in [2.75, 3.05) is 19.1 Å². The maximum Gasteiger partial charge on any atom is 0.274 e. The van der Waals surface area contributed by atoms with Crippen LogP contribution in [0, 0.1) is 10.1 Å². The van der Waals surface area contributed by atoms with Crippen molar-refractivity contribution in [1.29, 1.82) is 0 Å². The molecule has 0 aliphatic carbocycles. The molecule has 144 valence electrons. The van der Waals surface area contributed by atoms with Gasteiger partial charge in [-0.1, -0.05) is 42.5 Å². The highest BCUT2D eigenvalue weighted by Crippen LogP contribution is 2.52. The van der Waals surface area contributed by atoms with Gasteiger partial charge in [-0.15, -0.1) is 0 Å². The van der Waals surface area contributed by atoms with Gasteiger partial charge in [0, 0.05) is 35.5 Å². The number of nitro benzene ring substituents is 1. The van der Waals surface area contributed by atoms with E-state index in [1.165, 1.54) is 19.2 Å². The molecule has 0 amide bonds. The van der Waals surface area contributed by atoms with Gasteiger partial charge in [0.05, 0.1) is 18.1 Å². The lowest BCUT2D eigenvalue weighted by Crippen LogP contribution is -2.50. The molecule has 2 aliphatic rings. The predicted octanol–water partition coefficient (Wildman–Crippen LogP) is 4.98. The smallest absolute Gasteiger partial charge is 0.274 e. The molecule has 0 saturated heterocycles. The van der Waals surface area contributed by atoms with E-state index in [1.807, 2.05) is 43.5 Å². The van der Waals surface area contributed by atoms with Crippen LogP contribution < -0.4 is 14.4 Å². The largest absolute Gasteiger partial charge is 0.493 e. The molecule has 0 saturated carbocycles. The number of anilines is 1. The van der Waals surface area contributed by atoms with E-state index in [0.717, 1.165) is 22.4 Å². The van der Waals surface area contributed by atoms with Gasteiger partial charge in [0.1, 0.15) is 0 Å². The number of likely N-dealkylation sites (N-methyl/N-ethyl adjacent to an activating group) is 1. The maximum atomic E-state index is 11.3. The summed E-state index contributed by atoms with van der Waals surface area (Å²) in [5.41, 5.74) is 3.97. The van der Waals surface area contributed by atoms with Crippen LogP contribution in [0.15, 0.2) is 66.7 Å². The Morgan fingerprint density at radius 3 is 2.55 bits per heavy atom. The molecule has 1 atom stereocenters. The molecule has 0 radical (unpaired) electrons. The Labute approximate surface area is 167 Å². The molecule has 2 aliphatic heterocycles. The van der Waals surface area contributed by atoms with Crippen LogP contribution in [0.2, 0.25) is 0 Å². The molecule has 29 heavy (non-hydrogen) atoms. The molecule has 6 nitrogen and oxygen atoms in total. The van der Waals surface area contributed by atoms with Crippen LogP contribution in [0.3, 0.4) is 0 Å². The number of hydrogen-bond donors (Lipinski definition) is 0. The van der Waals surface area contributed by atoms with E-state index in [2.05, 4.69) is 29.2 Å². The quantitative estimate of drug-likeness (QED) is 0.459. The van der Waals surface area contributed by atoms with E-state index >= 15 is 0 Å². The van der Waals surface area contributed by atoms with Gasteiger partial charge in [0.2, 0.25) is 5.72 Å². The summed E-state index contributed by atoms with van der Waals surface area (Å²) in [4.78, 5) is 12.9. The minimum atomic E-state index is -0.888. The number of methoxy groups -OCH3 is 1. The number of para-hydroxylation sites is 1. The number of rotatable bonds is 2. The minimum absolute atomic E-state index is 0.0347. The number of benzene rings is 3. The molecule has 0 bridgehead atoms. The monoisotopic (exact) mass is 386 g/mol. The van der Waals surface area contributed by atoms with Crippen LogP contribution in [0.5, 0.6) is 11.5 Å². The van der Waals surface area contributed by atoms with Gasteiger partial charge in [-0.3, -0.25) is 10.1 Å². The van der Waals surface area contributed by atoms with Crippen molar-refractivity contribution in [3.63, 3.8) is 0 Å². The van der Waals surface area contributed by atoms with Crippen molar-refractivity contribution in [3.8, 4) is 22.6 Å². The minimum Gasteiger partial charge on any atom is -0.493 e. The maximum absolute atomic E-state index is 11.3. The Hall–Kier alpha value is -3.80. The van der Waals surface area contributed by atoms with Crippen molar-refractivity contribution < 1.29 is 14.4 Å². The Morgan fingerprint density at radius 2 is 1.79 bits per heavy atom. The summed E-state index contributed by atoms with van der Waals surface area (Å²) in [5, 5.41) is 11.3. The molecule has 1 unspecified atom stereocenters. The molecule has 0 N–H and O–H groups in total. The van der Waals surface area contributed by atoms with Crippen molar-refractivity contribution in [3.05, 3.63) is 88.0 Å². The summed E-state index contributed by atoms with van der Waals surface area (Å²) in [5.74, 6) is 0.823. The molecule has 3 aromatic rings. The highest BCUT2D eigenvalue weighted by atomic mass is 16.6. The number of ether oxygens (including phenoxy) is 2. The van der Waals surface area contributed by atoms with Crippen LogP contribution in [-0.2, 0) is 5.72 Å². The molecule has 2 heterocycles. The zero-order chi connectivity index (χ0) is 20.2. The van der Waals surface area contributed by atoms with E-state index in [1.54, 1.807) is 0 Å². The SMILES string of the molecule is COc1cc([N+](=O)[O-])cc2c1OC1(C=C2)c2ccccc2-c2ccccc2N1C. The first-order chi connectivity index (χ1) is 14.0. The normalized spacial score (nSPS) is 18.5. The Bertz CT molecular complexity index is 1190. The number of non-ortho nitro benzene ring substituents is 1. The topological polar surface area (TPSA) is 64.8 Å². The van der Waals surface area contributed by atoms with Crippen LogP contribution in [0.4, 0.5) is 11.4 Å². The molecule has 6 heteroatoms. The second kappa shape index (κ2) is 6.10. The summed E-state index contributed by atoms with van der Waals surface area (Å²) < 4.78 is 12.1. The average Bonchev–Trinajstić information content (AvgIpc) is 2.76. The second-order valence-electron chi connectivity index (χ2n) is 7.08. The molecule has 0 fully saturated rings. The van der Waals surface area contributed by atoms with Gasteiger partial charge < -0.3 is 14.4 Å². The highest BCUT2D eigenvalue weighted by Gasteiger charge is 2.45. The Kier molecular flexibility index (Phi) is 3.64. The average molecular weight is 386 g/mol. The standard InChI is InChI=1S/C23H18N2O4/c1-24-20-10-6-4-8-18(20)17-7-3-5-9-19(17)23(24)12-11-15-13-16(25(26)27)14-21(28-2)22(15)29-23/h3-14H,1-2H3. The molecule has 3 aromatic carbocycles. The van der Waals surface area contributed by atoms with Crippen LogP contribution in [0.1, 0.15) is 11.1 Å². The van der Waals surface area contributed by atoms with E-state index in [-0.39, 0.29) is 5.69 Å². The summed E-state index contributed by atoms with van der Waals surface area (Å²) in [6, 6.07) is 19.2. The third kappa shape index (κ3) is 2.35. The van der Waals surface area contributed by atoms with Gasteiger partial charge in [-0.05, 0) is 23.8 Å². The third-order valence-electron chi connectivity index (χ3n) is 5.61. The predicted molar refractivity (Wildman–Crippen MR) is 111 cm³/mol. The highest BCUT2D eigenvalue weighted by molar-refractivity contribution is 5.87. The number of nitro groups is 1. The van der Waals surface area contributed by atoms with E-state index in [9.17, 15) is 10.1 Å². The fraction of sp³-hybridized carbons (Fsp3) is 0.130. The Balaban J connectivity index is 1.75. The van der Waals surface area contributed by atoms with E-state index in [0.29, 0.717) is 17.1 Å². The number of nitrogens with zero attached hydrogens (tertiary/aromatic N) is 2. The van der Waals surface area contributed by atoms with Crippen molar-refractivity contribution >= 4 is 17.5 Å². The lowest BCUT2D eigenvalue weighted by molar-refractivity contribution is -0.385. The lowest BCUT2D eigenvalue weighted by atomic mass is 9.84. The first kappa shape index (κ1) is 17.3. The van der Waals surface area contributed by atoms with E-state index in [4.69, 9.17) is 9.47 Å². The summed E-state index contributed by atoms with van der Waals surface area (Å²) >= 11 is 0. The van der Waals surface area contributed by atoms with Gasteiger partial charge in [0.15, 0.2) is 11.5 Å². The molecule has 5 rings (SSSR count). The van der Waals surface area contributed by atoms with Crippen LogP contribution in [-0.4, -0.2) is 19.1 Å². The zero-order valence-electron chi connectivity index (χ0n) is 16.0. The first-order valence-electron chi connectivity index (χ1n) is 9.22. The van der Waals surface area contributed by atoms with Crippen molar-refractivity contribution in [1.82, 2.24) is 0 Å². The van der Waals surface area contributed by atoms with E-state index < -0.39 is 10.6 Å². The first-order valence-corrected chi connectivity index (χ1v) is 9.22. The Morgan fingerprint density at radius 1 is 1.07 bits per heavy atom. The zero-order valence-corrected chi connectivity index (χ0v) is 16.0. The molecule has 0 aromatic heterocycles. The number of hydrogen-bond acceptors (Lipinski definition) is 5. The fourth-order valence-electron chi connectivity index (χ4n) is 4.20. The van der Waals surface area contributed by atoms with Crippen molar-refractivity contribution in [2.45, 2.75) is 5.72 Å². The lowest BCUT2D eigenvalue weighted by Gasteiger charge is -2.47. The summed E-state index contributed by atoms with van der Waals surface area (Å²) in [6.07, 6.45) is 3.82. The molecular formula is C23H18N2O4. The van der Waals surface area contributed by atoms with Crippen LogP contribution >= 0.6 is 0 Å².